The van der Waals surface area contributed by atoms with Crippen molar-refractivity contribution >= 4 is 27.5 Å². The van der Waals surface area contributed by atoms with Crippen LogP contribution in [0.3, 0.4) is 0 Å². The Morgan fingerprint density at radius 2 is 2.33 bits per heavy atom. The van der Waals surface area contributed by atoms with Crippen LogP contribution in [-0.4, -0.2) is 0 Å². The Morgan fingerprint density at radius 1 is 1.60 bits per heavy atom. The highest BCUT2D eigenvalue weighted by Gasteiger charge is 2.12. The quantitative estimate of drug-likeness (QED) is 0.494. The molecule has 0 saturated heterocycles. The van der Waals surface area contributed by atoms with Gasteiger partial charge in [-0.1, -0.05) is 33.6 Å². The number of hydrogen-bond donors (Lipinski definition) is 2. The lowest BCUT2D eigenvalue weighted by molar-refractivity contribution is 0.521. The number of halogens is 2. The molecule has 0 spiro atoms. The van der Waals surface area contributed by atoms with Crippen LogP contribution in [-0.2, 0) is 0 Å². The fourth-order valence-corrected chi connectivity index (χ4v) is 2.02. The molecule has 0 aliphatic rings. The molecule has 0 saturated carbocycles. The molecular weight excluding hydrogens is 275 g/mol. The van der Waals surface area contributed by atoms with Crippen molar-refractivity contribution in [3.05, 3.63) is 45.9 Å². The van der Waals surface area contributed by atoms with Crippen LogP contribution >= 0.6 is 27.5 Å². The Labute approximate surface area is 104 Å². The van der Waals surface area contributed by atoms with Crippen molar-refractivity contribution in [2.24, 2.45) is 5.84 Å². The molecule has 1 rings (SSSR count). The molecule has 0 heterocycles. The molecule has 1 unspecified atom stereocenters. The molecule has 1 aromatic carbocycles. The van der Waals surface area contributed by atoms with E-state index in [0.717, 1.165) is 27.9 Å². The monoisotopic (exact) mass is 288 g/mol. The first-order chi connectivity index (χ1) is 7.19. The Bertz CT molecular complexity index is 341. The largest absolute Gasteiger partial charge is 0.271 e. The van der Waals surface area contributed by atoms with Crippen molar-refractivity contribution in [3.63, 3.8) is 0 Å². The van der Waals surface area contributed by atoms with Crippen molar-refractivity contribution in [3.8, 4) is 0 Å². The predicted octanol–water partition coefficient (Wildman–Crippen LogP) is 3.57. The fourth-order valence-electron chi connectivity index (χ4n) is 1.39. The minimum atomic E-state index is 0.0630. The number of hydrogen-bond acceptors (Lipinski definition) is 2. The van der Waals surface area contributed by atoms with Gasteiger partial charge in [-0.25, -0.2) is 0 Å². The van der Waals surface area contributed by atoms with Crippen molar-refractivity contribution < 1.29 is 0 Å². The van der Waals surface area contributed by atoms with Crippen LogP contribution in [0.1, 0.15) is 24.4 Å². The summed E-state index contributed by atoms with van der Waals surface area (Å²) < 4.78 is 1.00. The smallest absolute Gasteiger partial charge is 0.0478 e. The van der Waals surface area contributed by atoms with E-state index < -0.39 is 0 Å². The standard InChI is InChI=1S/C11H14BrClN2/c1-2-3-4-11(15-14)9-7-8(12)5-6-10(9)13/h2,5-7,11,15H,1,3-4,14H2. The normalized spacial score (nSPS) is 12.5. The molecule has 0 aliphatic heterocycles. The van der Waals surface area contributed by atoms with E-state index in [2.05, 4.69) is 27.9 Å². The van der Waals surface area contributed by atoms with Gasteiger partial charge in [0.2, 0.25) is 0 Å². The zero-order valence-electron chi connectivity index (χ0n) is 8.34. The lowest BCUT2D eigenvalue weighted by atomic mass is 10.0. The summed E-state index contributed by atoms with van der Waals surface area (Å²) in [7, 11) is 0. The van der Waals surface area contributed by atoms with Gasteiger partial charge in [0.15, 0.2) is 0 Å². The minimum absolute atomic E-state index is 0.0630. The van der Waals surface area contributed by atoms with Gasteiger partial charge in [0.05, 0.1) is 0 Å². The number of allylic oxidation sites excluding steroid dienone is 1. The first-order valence-corrected chi connectivity index (χ1v) is 5.88. The van der Waals surface area contributed by atoms with E-state index in [4.69, 9.17) is 17.4 Å². The Balaban J connectivity index is 2.89. The van der Waals surface area contributed by atoms with Gasteiger partial charge in [-0.2, -0.15) is 0 Å². The van der Waals surface area contributed by atoms with E-state index >= 15 is 0 Å². The summed E-state index contributed by atoms with van der Waals surface area (Å²) in [5.74, 6) is 5.51. The van der Waals surface area contributed by atoms with Gasteiger partial charge in [-0.3, -0.25) is 11.3 Å². The van der Waals surface area contributed by atoms with Gasteiger partial charge in [0.25, 0.3) is 0 Å². The van der Waals surface area contributed by atoms with Crippen LogP contribution in [0.15, 0.2) is 35.3 Å². The van der Waals surface area contributed by atoms with Crippen LogP contribution < -0.4 is 11.3 Å². The summed E-state index contributed by atoms with van der Waals surface area (Å²) in [6, 6.07) is 5.82. The number of nitrogens with one attached hydrogen (secondary N) is 1. The Kier molecular flexibility index (Phi) is 5.32. The summed E-state index contributed by atoms with van der Waals surface area (Å²) in [4.78, 5) is 0. The van der Waals surface area contributed by atoms with Crippen molar-refractivity contribution in [1.82, 2.24) is 5.43 Å². The molecule has 0 aromatic heterocycles. The third kappa shape index (κ3) is 3.61. The van der Waals surface area contributed by atoms with Gasteiger partial charge in [0.1, 0.15) is 0 Å². The maximum Gasteiger partial charge on any atom is 0.0478 e. The highest BCUT2D eigenvalue weighted by molar-refractivity contribution is 9.10. The van der Waals surface area contributed by atoms with Gasteiger partial charge in [-0.15, -0.1) is 6.58 Å². The molecular formula is C11H14BrClN2. The lowest BCUT2D eigenvalue weighted by Crippen LogP contribution is -2.28. The average molecular weight is 290 g/mol. The molecule has 15 heavy (non-hydrogen) atoms. The van der Waals surface area contributed by atoms with Gasteiger partial charge in [-0.05, 0) is 36.6 Å². The van der Waals surface area contributed by atoms with Crippen molar-refractivity contribution in [1.29, 1.82) is 0 Å². The van der Waals surface area contributed by atoms with Crippen LogP contribution in [0.5, 0.6) is 0 Å². The Hall–Kier alpha value is -0.350. The second-order valence-electron chi connectivity index (χ2n) is 3.25. The van der Waals surface area contributed by atoms with Crippen molar-refractivity contribution in [2.45, 2.75) is 18.9 Å². The number of hydrazine groups is 1. The van der Waals surface area contributed by atoms with Crippen LogP contribution in [0, 0.1) is 0 Å². The van der Waals surface area contributed by atoms with E-state index in [1.54, 1.807) is 0 Å². The first-order valence-electron chi connectivity index (χ1n) is 4.71. The molecule has 3 N–H and O–H groups in total. The number of benzene rings is 1. The SMILES string of the molecule is C=CCCC(NN)c1cc(Br)ccc1Cl. The topological polar surface area (TPSA) is 38.0 Å². The van der Waals surface area contributed by atoms with Gasteiger partial charge in [0, 0.05) is 15.5 Å². The maximum atomic E-state index is 6.11. The predicted molar refractivity (Wildman–Crippen MR) is 68.6 cm³/mol. The number of rotatable bonds is 5. The molecule has 0 fully saturated rings. The van der Waals surface area contributed by atoms with E-state index in [1.165, 1.54) is 0 Å². The average Bonchev–Trinajstić information content (AvgIpc) is 2.24. The lowest BCUT2D eigenvalue weighted by Gasteiger charge is -2.17. The van der Waals surface area contributed by atoms with Gasteiger partial charge < -0.3 is 0 Å². The van der Waals surface area contributed by atoms with Crippen LogP contribution in [0.4, 0.5) is 0 Å². The van der Waals surface area contributed by atoms with Crippen LogP contribution in [0.25, 0.3) is 0 Å². The van der Waals surface area contributed by atoms with E-state index in [9.17, 15) is 0 Å². The zero-order chi connectivity index (χ0) is 11.3. The highest BCUT2D eigenvalue weighted by Crippen LogP contribution is 2.28. The summed E-state index contributed by atoms with van der Waals surface area (Å²) in [6.07, 6.45) is 3.66. The summed E-state index contributed by atoms with van der Waals surface area (Å²) in [6.45, 7) is 3.69. The molecule has 1 atom stereocenters. The summed E-state index contributed by atoms with van der Waals surface area (Å²) >= 11 is 9.52. The molecule has 0 radical (unpaired) electrons. The third-order valence-electron chi connectivity index (χ3n) is 2.19. The van der Waals surface area contributed by atoms with E-state index in [1.807, 2.05) is 24.3 Å². The summed E-state index contributed by atoms with van der Waals surface area (Å²) in [5.41, 5.74) is 3.78. The maximum absolute atomic E-state index is 6.11. The molecule has 2 nitrogen and oxygen atoms in total. The molecule has 0 bridgehead atoms. The van der Waals surface area contributed by atoms with Gasteiger partial charge >= 0.3 is 0 Å². The minimum Gasteiger partial charge on any atom is -0.271 e. The fraction of sp³-hybridized carbons (Fsp3) is 0.273. The second-order valence-corrected chi connectivity index (χ2v) is 4.57. The molecule has 82 valence electrons. The third-order valence-corrected chi connectivity index (χ3v) is 3.03. The summed E-state index contributed by atoms with van der Waals surface area (Å²) in [5, 5.41) is 0.727. The molecule has 1 aromatic rings. The number of nitrogens with two attached hydrogens (primary N) is 1. The van der Waals surface area contributed by atoms with E-state index in [0.29, 0.717) is 0 Å². The second kappa shape index (κ2) is 6.28. The molecule has 0 aliphatic carbocycles. The Morgan fingerprint density at radius 3 is 2.93 bits per heavy atom. The molecule has 0 amide bonds. The highest BCUT2D eigenvalue weighted by atomic mass is 79.9. The molecule has 4 heteroatoms. The van der Waals surface area contributed by atoms with E-state index in [-0.39, 0.29) is 6.04 Å². The van der Waals surface area contributed by atoms with Crippen LogP contribution in [0.2, 0.25) is 5.02 Å². The zero-order valence-corrected chi connectivity index (χ0v) is 10.7. The first kappa shape index (κ1) is 12.7. The van der Waals surface area contributed by atoms with Crippen molar-refractivity contribution in [2.75, 3.05) is 0 Å².